The fraction of sp³-hybridized carbons (Fsp3) is 0.286. The lowest BCUT2D eigenvalue weighted by atomic mass is 9.94. The smallest absolute Gasteiger partial charge is 0.261 e. The molecule has 0 bridgehead atoms. The number of nitrogens with one attached hydrogen (secondary N) is 4. The van der Waals surface area contributed by atoms with Gasteiger partial charge in [0.1, 0.15) is 23.5 Å². The molecule has 3 aliphatic rings. The van der Waals surface area contributed by atoms with Gasteiger partial charge in [0.25, 0.3) is 21.8 Å². The molecule has 3 aliphatic heterocycles. The van der Waals surface area contributed by atoms with Crippen molar-refractivity contribution in [3.63, 3.8) is 0 Å². The van der Waals surface area contributed by atoms with Crippen LogP contribution in [0, 0.1) is 5.82 Å². The second-order valence-corrected chi connectivity index (χ2v) is 18.4. The number of carbonyl (C=O) groups is 6. The second kappa shape index (κ2) is 19.6. The molecule has 4 aromatic carbocycles. The molecule has 1 saturated heterocycles. The number of amides is 4. The summed E-state index contributed by atoms with van der Waals surface area (Å²) in [6.07, 6.45) is 5.40. The molecule has 1 aromatic heterocycles. The molecule has 1 fully saturated rings. The maximum atomic E-state index is 15.6. The van der Waals surface area contributed by atoms with Gasteiger partial charge < -0.3 is 21.3 Å². The SMILES string of the molecule is Nc1ncc(-c2ccc(S(=O)(=O)Nc3ccc(CC(=O)CNCCCCCC(=O)Cc4cccc5c4CN(C4CCC(=O)NC4=O)C5=O)cc3)cc2F)cc1-c1ccc2c(c1)CCNC2=O. The summed E-state index contributed by atoms with van der Waals surface area (Å²) in [6, 6.07) is 21.6. The summed E-state index contributed by atoms with van der Waals surface area (Å²) in [6.45, 7) is 1.47. The Kier molecular flexibility index (Phi) is 13.5. The molecule has 0 radical (unpaired) electrons. The maximum absolute atomic E-state index is 15.6. The van der Waals surface area contributed by atoms with Gasteiger partial charge in [-0.25, -0.2) is 17.8 Å². The Bertz CT molecular complexity index is 2890. The van der Waals surface area contributed by atoms with Crippen molar-refractivity contribution < 1.29 is 41.6 Å². The number of hydrogen-bond acceptors (Lipinski definition) is 11. The maximum Gasteiger partial charge on any atom is 0.261 e. The lowest BCUT2D eigenvalue weighted by molar-refractivity contribution is -0.137. The first-order chi connectivity index (χ1) is 31.7. The summed E-state index contributed by atoms with van der Waals surface area (Å²) < 4.78 is 44.6. The van der Waals surface area contributed by atoms with Crippen LogP contribution in [0.3, 0.4) is 0 Å². The number of sulfonamides is 1. The minimum absolute atomic E-state index is 0.0461. The molecular weight excluding hydrogens is 866 g/mol. The van der Waals surface area contributed by atoms with E-state index in [4.69, 9.17) is 5.73 Å². The number of nitrogen functional groups attached to an aromatic ring is 1. The van der Waals surface area contributed by atoms with Crippen molar-refractivity contribution >= 4 is 56.7 Å². The predicted molar refractivity (Wildman–Crippen MR) is 244 cm³/mol. The monoisotopic (exact) mass is 913 g/mol. The number of anilines is 2. The van der Waals surface area contributed by atoms with E-state index in [0.717, 1.165) is 41.2 Å². The molecule has 5 aromatic rings. The molecule has 1 unspecified atom stereocenters. The molecule has 15 nitrogen and oxygen atoms in total. The third kappa shape index (κ3) is 10.2. The van der Waals surface area contributed by atoms with E-state index in [9.17, 15) is 37.2 Å². The molecule has 1 atom stereocenters. The Morgan fingerprint density at radius 3 is 2.42 bits per heavy atom. The number of fused-ring (bicyclic) bond motifs is 2. The van der Waals surface area contributed by atoms with Gasteiger partial charge in [-0.15, -0.1) is 0 Å². The van der Waals surface area contributed by atoms with Gasteiger partial charge in [-0.2, -0.15) is 0 Å². The summed E-state index contributed by atoms with van der Waals surface area (Å²) in [5.74, 6) is -1.81. The van der Waals surface area contributed by atoms with Crippen LogP contribution in [-0.4, -0.2) is 79.2 Å². The third-order valence-corrected chi connectivity index (χ3v) is 13.5. The van der Waals surface area contributed by atoms with Gasteiger partial charge in [-0.1, -0.05) is 48.9 Å². The lowest BCUT2D eigenvalue weighted by Crippen LogP contribution is -2.52. The van der Waals surface area contributed by atoms with Crippen molar-refractivity contribution in [3.8, 4) is 22.3 Å². The number of aromatic nitrogens is 1. The number of ketones is 2. The van der Waals surface area contributed by atoms with Crippen LogP contribution >= 0.6 is 0 Å². The number of halogens is 1. The predicted octanol–water partition coefficient (Wildman–Crippen LogP) is 5.06. The van der Waals surface area contributed by atoms with E-state index in [0.29, 0.717) is 60.2 Å². The summed E-state index contributed by atoms with van der Waals surface area (Å²) in [5.41, 5.74) is 12.4. The molecular formula is C49H48FN7O8S. The fourth-order valence-electron chi connectivity index (χ4n) is 8.63. The zero-order valence-corrected chi connectivity index (χ0v) is 36.8. The van der Waals surface area contributed by atoms with Gasteiger partial charge in [0.15, 0.2) is 5.78 Å². The van der Waals surface area contributed by atoms with E-state index in [-0.39, 0.29) is 90.0 Å². The number of benzene rings is 4. The Hall–Kier alpha value is -7.11. The van der Waals surface area contributed by atoms with Crippen molar-refractivity contribution in [2.45, 2.75) is 75.3 Å². The van der Waals surface area contributed by atoms with Crippen molar-refractivity contribution in [3.05, 3.63) is 130 Å². The van der Waals surface area contributed by atoms with Gasteiger partial charge in [-0.05, 0) is 103 Å². The minimum Gasteiger partial charge on any atom is -0.383 e. The molecule has 4 amide bonds. The zero-order valence-electron chi connectivity index (χ0n) is 36.0. The van der Waals surface area contributed by atoms with Gasteiger partial charge in [-0.3, -0.25) is 38.8 Å². The molecule has 8 rings (SSSR count). The third-order valence-electron chi connectivity index (χ3n) is 12.1. The van der Waals surface area contributed by atoms with Gasteiger partial charge in [0.05, 0.1) is 11.4 Å². The highest BCUT2D eigenvalue weighted by Gasteiger charge is 2.40. The van der Waals surface area contributed by atoms with Crippen LogP contribution in [0.15, 0.2) is 96.0 Å². The summed E-state index contributed by atoms with van der Waals surface area (Å²) in [5, 5.41) is 8.26. The summed E-state index contributed by atoms with van der Waals surface area (Å²) in [7, 11) is -4.18. The van der Waals surface area contributed by atoms with Crippen LogP contribution in [0.25, 0.3) is 22.3 Å². The van der Waals surface area contributed by atoms with Crippen LogP contribution in [0.2, 0.25) is 0 Å². The Morgan fingerprint density at radius 2 is 1.64 bits per heavy atom. The van der Waals surface area contributed by atoms with Crippen LogP contribution in [0.1, 0.15) is 81.5 Å². The minimum atomic E-state index is -4.18. The number of hydrogen-bond donors (Lipinski definition) is 5. The Morgan fingerprint density at radius 1 is 0.833 bits per heavy atom. The fourth-order valence-corrected chi connectivity index (χ4v) is 9.70. The number of unbranched alkanes of at least 4 members (excludes halogenated alkanes) is 2. The highest BCUT2D eigenvalue weighted by molar-refractivity contribution is 7.92. The molecule has 6 N–H and O–H groups in total. The Labute approximate surface area is 380 Å². The van der Waals surface area contributed by atoms with Crippen LogP contribution in [-0.2, 0) is 55.0 Å². The van der Waals surface area contributed by atoms with Crippen LogP contribution in [0.5, 0.6) is 0 Å². The van der Waals surface area contributed by atoms with Crippen LogP contribution in [0.4, 0.5) is 15.9 Å². The van der Waals surface area contributed by atoms with E-state index < -0.39 is 27.8 Å². The summed E-state index contributed by atoms with van der Waals surface area (Å²) in [4.78, 5) is 80.4. The van der Waals surface area contributed by atoms with Crippen molar-refractivity contribution in [2.75, 3.05) is 30.1 Å². The van der Waals surface area contributed by atoms with Crippen molar-refractivity contribution in [2.24, 2.45) is 0 Å². The summed E-state index contributed by atoms with van der Waals surface area (Å²) >= 11 is 0. The second-order valence-electron chi connectivity index (χ2n) is 16.7. The number of imide groups is 1. The van der Waals surface area contributed by atoms with Gasteiger partial charge in [0, 0.05) is 78.5 Å². The lowest BCUT2D eigenvalue weighted by Gasteiger charge is -2.29. The molecule has 66 heavy (non-hydrogen) atoms. The van der Waals surface area contributed by atoms with E-state index in [1.54, 1.807) is 42.5 Å². The normalized spacial score (nSPS) is 15.8. The first kappa shape index (κ1) is 45.5. The van der Waals surface area contributed by atoms with E-state index in [1.807, 2.05) is 12.1 Å². The first-order valence-electron chi connectivity index (χ1n) is 21.8. The molecule has 340 valence electrons. The Balaban J connectivity index is 0.756. The average Bonchev–Trinajstić information content (AvgIpc) is 3.63. The number of carbonyl (C=O) groups excluding carboxylic acids is 6. The number of nitrogens with zero attached hydrogens (tertiary/aromatic N) is 2. The molecule has 0 spiro atoms. The molecule has 4 heterocycles. The number of Topliss-reactive ketones (excluding diaryl/α,β-unsaturated/α-hetero) is 2. The standard InChI is InChI=1S/C49H48FN7O8S/c50-43-25-37(13-15-38(43)33-24-41(46(51)54-26-33)31-10-14-39-32(22-31)18-20-53-47(39)61)66(64,65)56-34-11-8-29(9-12-34)21-36(59)27-52-19-3-1-2-6-35(58)23-30-5-4-7-40-42(30)28-57(49(40)63)44-16-17-45(60)55-48(44)62/h4-5,7-15,22,24-26,44,52,56H,1-3,6,16-21,23,27-28H2,(H2,51,54)(H,53,61)(H,55,60,62). The molecule has 17 heteroatoms. The topological polar surface area (TPSA) is 227 Å². The highest BCUT2D eigenvalue weighted by atomic mass is 32.2. The van der Waals surface area contributed by atoms with Gasteiger partial charge in [0.2, 0.25) is 11.8 Å². The molecule has 0 aliphatic carbocycles. The number of nitrogens with two attached hydrogens (primary N) is 1. The molecule has 0 saturated carbocycles. The number of piperidine rings is 1. The van der Waals surface area contributed by atoms with Crippen LogP contribution < -0.4 is 26.4 Å². The van der Waals surface area contributed by atoms with E-state index >= 15 is 4.39 Å². The van der Waals surface area contributed by atoms with Crippen molar-refractivity contribution in [1.82, 2.24) is 25.8 Å². The first-order valence-corrected chi connectivity index (χ1v) is 23.3. The number of pyridine rings is 1. The van der Waals surface area contributed by atoms with E-state index in [2.05, 4.69) is 25.7 Å². The highest BCUT2D eigenvalue weighted by Crippen LogP contribution is 2.34. The zero-order chi connectivity index (χ0) is 46.5. The number of rotatable bonds is 18. The largest absolute Gasteiger partial charge is 0.383 e. The van der Waals surface area contributed by atoms with E-state index in [1.165, 1.54) is 35.4 Å². The quantitative estimate of drug-likeness (QED) is 0.0577. The average molecular weight is 914 g/mol. The van der Waals surface area contributed by atoms with Crippen molar-refractivity contribution in [1.29, 1.82) is 0 Å². The van der Waals surface area contributed by atoms with Gasteiger partial charge >= 0.3 is 0 Å².